The number of amides is 2. The number of nitrogens with one attached hydrogen (secondary N) is 1. The average molecular weight is 406 g/mol. The molecule has 1 heterocycles. The van der Waals surface area contributed by atoms with Crippen molar-refractivity contribution in [2.75, 3.05) is 10.2 Å². The summed E-state index contributed by atoms with van der Waals surface area (Å²) in [7, 11) is 0. The van der Waals surface area contributed by atoms with Gasteiger partial charge in [0.2, 0.25) is 5.91 Å². The second-order valence-corrected chi connectivity index (χ2v) is 8.63. The molecular formula is C23H23N3O2S. The third kappa shape index (κ3) is 4.36. The minimum atomic E-state index is -0.522. The number of carbonyl (C=O) groups excluding carboxylic acids is 2. The van der Waals surface area contributed by atoms with Crippen molar-refractivity contribution in [2.24, 2.45) is 0 Å². The van der Waals surface area contributed by atoms with E-state index in [-0.39, 0.29) is 16.7 Å². The van der Waals surface area contributed by atoms with Crippen LogP contribution in [0.2, 0.25) is 0 Å². The van der Waals surface area contributed by atoms with Gasteiger partial charge in [0.15, 0.2) is 0 Å². The number of hydrogen-bond acceptors (Lipinski definition) is 4. The van der Waals surface area contributed by atoms with Crippen molar-refractivity contribution in [3.8, 4) is 6.07 Å². The summed E-state index contributed by atoms with van der Waals surface area (Å²) in [5.41, 5.74) is 3.35. The molecule has 0 spiro atoms. The molecule has 6 heteroatoms. The zero-order valence-corrected chi connectivity index (χ0v) is 17.7. The molecule has 29 heavy (non-hydrogen) atoms. The summed E-state index contributed by atoms with van der Waals surface area (Å²) in [6.45, 7) is 7.91. The maximum absolute atomic E-state index is 12.8. The maximum atomic E-state index is 12.8. The number of benzene rings is 2. The highest BCUT2D eigenvalue weighted by Crippen LogP contribution is 2.40. The minimum Gasteiger partial charge on any atom is -0.321 e. The monoisotopic (exact) mass is 405 g/mol. The number of carbonyl (C=O) groups is 2. The van der Waals surface area contributed by atoms with Gasteiger partial charge in [-0.15, -0.1) is 0 Å². The number of anilines is 2. The molecule has 3 rings (SSSR count). The highest BCUT2D eigenvalue weighted by atomic mass is 32.2. The van der Waals surface area contributed by atoms with E-state index in [9.17, 15) is 14.9 Å². The molecule has 1 aliphatic heterocycles. The number of thioether (sulfide) groups is 1. The van der Waals surface area contributed by atoms with Gasteiger partial charge in [0.1, 0.15) is 16.7 Å². The molecule has 2 amide bonds. The van der Waals surface area contributed by atoms with Gasteiger partial charge in [0.25, 0.3) is 5.91 Å². The molecule has 1 N–H and O–H groups in total. The Bertz CT molecular complexity index is 1020. The summed E-state index contributed by atoms with van der Waals surface area (Å²) in [6, 6.07) is 17.0. The van der Waals surface area contributed by atoms with Gasteiger partial charge in [-0.2, -0.15) is 5.26 Å². The van der Waals surface area contributed by atoms with Crippen LogP contribution in [0.15, 0.2) is 59.1 Å². The summed E-state index contributed by atoms with van der Waals surface area (Å²) in [6.07, 6.45) is 0. The highest BCUT2D eigenvalue weighted by Gasteiger charge is 2.38. The average Bonchev–Trinajstić information content (AvgIpc) is 2.97. The Hall–Kier alpha value is -3.04. The third-order valence-corrected chi connectivity index (χ3v) is 5.87. The number of hydrogen-bond donors (Lipinski definition) is 1. The normalized spacial score (nSPS) is 18.0. The van der Waals surface area contributed by atoms with Crippen LogP contribution in [0.5, 0.6) is 0 Å². The summed E-state index contributed by atoms with van der Waals surface area (Å²) >= 11 is 1.23. The Morgan fingerprint density at radius 3 is 2.48 bits per heavy atom. The van der Waals surface area contributed by atoms with E-state index < -0.39 is 5.91 Å². The van der Waals surface area contributed by atoms with Crippen molar-refractivity contribution in [2.45, 2.75) is 38.9 Å². The van der Waals surface area contributed by atoms with Gasteiger partial charge in [0.05, 0.1) is 5.25 Å². The Labute approximate surface area is 175 Å². The molecule has 2 aromatic rings. The van der Waals surface area contributed by atoms with Gasteiger partial charge in [-0.25, -0.2) is 0 Å². The first-order chi connectivity index (χ1) is 13.8. The summed E-state index contributed by atoms with van der Waals surface area (Å²) < 4.78 is 0. The van der Waals surface area contributed by atoms with Crippen LogP contribution in [0.1, 0.15) is 37.8 Å². The van der Waals surface area contributed by atoms with Gasteiger partial charge in [-0.1, -0.05) is 49.9 Å². The fourth-order valence-electron chi connectivity index (χ4n) is 3.09. The quantitative estimate of drug-likeness (QED) is 0.576. The fourth-order valence-corrected chi connectivity index (χ4v) is 4.19. The highest BCUT2D eigenvalue weighted by molar-refractivity contribution is 8.05. The van der Waals surface area contributed by atoms with Crippen LogP contribution in [0.25, 0.3) is 0 Å². The van der Waals surface area contributed by atoms with Crippen molar-refractivity contribution in [3.05, 3.63) is 70.3 Å². The van der Waals surface area contributed by atoms with Crippen molar-refractivity contribution in [1.82, 2.24) is 0 Å². The molecule has 1 fully saturated rings. The van der Waals surface area contributed by atoms with E-state index in [1.807, 2.05) is 55.5 Å². The molecule has 0 aromatic heterocycles. The third-order valence-electron chi connectivity index (χ3n) is 4.71. The first-order valence-electron chi connectivity index (χ1n) is 9.44. The predicted octanol–water partition coefficient (Wildman–Crippen LogP) is 4.96. The van der Waals surface area contributed by atoms with E-state index in [4.69, 9.17) is 0 Å². The van der Waals surface area contributed by atoms with Crippen LogP contribution in [-0.2, 0) is 9.59 Å². The van der Waals surface area contributed by atoms with Gasteiger partial charge in [0, 0.05) is 11.4 Å². The smallest absolute Gasteiger partial charge is 0.269 e. The lowest BCUT2D eigenvalue weighted by atomic mass is 10.0. The van der Waals surface area contributed by atoms with E-state index >= 15 is 0 Å². The lowest BCUT2D eigenvalue weighted by Crippen LogP contribution is -2.29. The molecule has 5 nitrogen and oxygen atoms in total. The van der Waals surface area contributed by atoms with Crippen LogP contribution in [-0.4, -0.2) is 17.1 Å². The lowest BCUT2D eigenvalue weighted by molar-refractivity contribution is -0.116. The van der Waals surface area contributed by atoms with E-state index in [0.29, 0.717) is 22.3 Å². The second-order valence-electron chi connectivity index (χ2n) is 7.30. The predicted molar refractivity (Wildman–Crippen MR) is 118 cm³/mol. The Morgan fingerprint density at radius 1 is 1.21 bits per heavy atom. The topological polar surface area (TPSA) is 73.2 Å². The van der Waals surface area contributed by atoms with Gasteiger partial charge in [-0.05, 0) is 55.2 Å². The van der Waals surface area contributed by atoms with Crippen molar-refractivity contribution in [3.63, 3.8) is 0 Å². The standard InChI is InChI=1S/C23H23N3O2S/c1-14(2)17-8-10-19(11-9-17)26-22(28)16(4)29-23(26)20(13-24)21(27)25-18-7-5-6-15(3)12-18/h5-12,14,16H,1-4H3,(H,25,27)/b23-20-. The zero-order valence-electron chi connectivity index (χ0n) is 16.9. The Balaban J connectivity index is 1.99. The van der Waals surface area contributed by atoms with E-state index in [1.54, 1.807) is 13.0 Å². The van der Waals surface area contributed by atoms with E-state index in [2.05, 4.69) is 19.2 Å². The molecule has 1 aliphatic rings. The summed E-state index contributed by atoms with van der Waals surface area (Å²) in [5, 5.41) is 12.5. The minimum absolute atomic E-state index is 0.0675. The van der Waals surface area contributed by atoms with E-state index in [1.165, 1.54) is 16.7 Å². The molecule has 148 valence electrons. The Kier molecular flexibility index (Phi) is 6.09. The fraction of sp³-hybridized carbons (Fsp3) is 0.261. The first kappa shape index (κ1) is 20.7. The number of nitrogens with zero attached hydrogens (tertiary/aromatic N) is 2. The van der Waals surface area contributed by atoms with Crippen LogP contribution in [0.3, 0.4) is 0 Å². The zero-order chi connectivity index (χ0) is 21.1. The molecule has 1 saturated heterocycles. The van der Waals surface area contributed by atoms with Crippen molar-refractivity contribution >= 4 is 35.0 Å². The maximum Gasteiger partial charge on any atom is 0.269 e. The molecule has 1 atom stereocenters. The summed E-state index contributed by atoms with van der Waals surface area (Å²) in [5.74, 6) is -0.291. The van der Waals surface area contributed by atoms with Crippen molar-refractivity contribution < 1.29 is 9.59 Å². The lowest BCUT2D eigenvalue weighted by Gasteiger charge is -2.19. The van der Waals surface area contributed by atoms with E-state index in [0.717, 1.165) is 11.1 Å². The molecule has 0 radical (unpaired) electrons. The number of nitriles is 1. The molecule has 0 aliphatic carbocycles. The van der Waals surface area contributed by atoms with Gasteiger partial charge in [-0.3, -0.25) is 14.5 Å². The largest absolute Gasteiger partial charge is 0.321 e. The summed E-state index contributed by atoms with van der Waals surface area (Å²) in [4.78, 5) is 27.1. The van der Waals surface area contributed by atoms with Crippen LogP contribution < -0.4 is 10.2 Å². The number of rotatable bonds is 4. The molecular weight excluding hydrogens is 382 g/mol. The van der Waals surface area contributed by atoms with Crippen LogP contribution in [0.4, 0.5) is 11.4 Å². The second kappa shape index (κ2) is 8.54. The van der Waals surface area contributed by atoms with Gasteiger partial charge >= 0.3 is 0 Å². The van der Waals surface area contributed by atoms with Crippen LogP contribution >= 0.6 is 11.8 Å². The first-order valence-corrected chi connectivity index (χ1v) is 10.3. The van der Waals surface area contributed by atoms with Crippen LogP contribution in [0, 0.1) is 18.3 Å². The SMILES string of the molecule is Cc1cccc(NC(=O)/C(C#N)=C2\SC(C)C(=O)N2c2ccc(C(C)C)cc2)c1. The number of aryl methyl sites for hydroxylation is 1. The molecule has 0 saturated carbocycles. The van der Waals surface area contributed by atoms with Crippen molar-refractivity contribution in [1.29, 1.82) is 5.26 Å². The molecule has 1 unspecified atom stereocenters. The molecule has 2 aromatic carbocycles. The Morgan fingerprint density at radius 2 is 1.90 bits per heavy atom. The molecule has 0 bridgehead atoms. The van der Waals surface area contributed by atoms with Gasteiger partial charge < -0.3 is 5.32 Å².